The summed E-state index contributed by atoms with van der Waals surface area (Å²) in [5.41, 5.74) is 4.12. The van der Waals surface area contributed by atoms with E-state index in [9.17, 15) is 9.18 Å². The summed E-state index contributed by atoms with van der Waals surface area (Å²) < 4.78 is 31.6. The van der Waals surface area contributed by atoms with Crippen molar-refractivity contribution in [3.63, 3.8) is 0 Å². The van der Waals surface area contributed by atoms with Gasteiger partial charge in [-0.15, -0.1) is 0 Å². The van der Waals surface area contributed by atoms with Gasteiger partial charge in [0.25, 0.3) is 5.91 Å². The minimum absolute atomic E-state index is 0.158. The lowest BCUT2D eigenvalue weighted by atomic mass is 10.2. The molecule has 0 fully saturated rings. The van der Waals surface area contributed by atoms with E-state index in [1.165, 1.54) is 25.5 Å². The maximum Gasteiger partial charge on any atom is 0.271 e. The molecular formula is C25H21Br2FN2O4. The number of carbonyl (C=O) groups excluding carboxylic acids is 1. The number of amides is 1. The van der Waals surface area contributed by atoms with Gasteiger partial charge < -0.3 is 14.2 Å². The fraction of sp³-hybridized carbons (Fsp3) is 0.120. The van der Waals surface area contributed by atoms with Gasteiger partial charge in [0.2, 0.25) is 0 Å². The summed E-state index contributed by atoms with van der Waals surface area (Å²) >= 11 is 6.91. The molecule has 9 heteroatoms. The van der Waals surface area contributed by atoms with Crippen LogP contribution in [-0.4, -0.2) is 25.8 Å². The Morgan fingerprint density at radius 3 is 2.68 bits per heavy atom. The van der Waals surface area contributed by atoms with Crippen molar-refractivity contribution in [3.05, 3.63) is 98.7 Å². The van der Waals surface area contributed by atoms with Crippen LogP contribution < -0.4 is 19.6 Å². The molecule has 0 atom stereocenters. The van der Waals surface area contributed by atoms with Crippen molar-refractivity contribution in [3.8, 4) is 17.2 Å². The second-order valence-electron chi connectivity index (χ2n) is 6.89. The summed E-state index contributed by atoms with van der Waals surface area (Å²) in [5.74, 6) is 0.651. The first-order valence-corrected chi connectivity index (χ1v) is 11.6. The van der Waals surface area contributed by atoms with Gasteiger partial charge >= 0.3 is 0 Å². The molecule has 0 aliphatic carbocycles. The number of carbonyl (C=O) groups is 1. The number of benzene rings is 3. The zero-order valence-electron chi connectivity index (χ0n) is 18.2. The Kier molecular flexibility index (Phi) is 9.24. The van der Waals surface area contributed by atoms with Gasteiger partial charge in [0.1, 0.15) is 24.8 Å². The highest BCUT2D eigenvalue weighted by molar-refractivity contribution is 9.11. The molecule has 0 spiro atoms. The van der Waals surface area contributed by atoms with Crippen molar-refractivity contribution in [2.75, 3.05) is 13.7 Å². The lowest BCUT2D eigenvalue weighted by molar-refractivity contribution is 0.0954. The molecule has 6 nitrogen and oxygen atoms in total. The van der Waals surface area contributed by atoms with Gasteiger partial charge in [-0.05, 0) is 64.0 Å². The highest BCUT2D eigenvalue weighted by Crippen LogP contribution is 2.33. The van der Waals surface area contributed by atoms with Crippen LogP contribution in [0.2, 0.25) is 0 Å². The first-order chi connectivity index (χ1) is 16.4. The van der Waals surface area contributed by atoms with E-state index in [4.69, 9.17) is 14.2 Å². The summed E-state index contributed by atoms with van der Waals surface area (Å²) in [5, 5.41) is 4.07. The highest BCUT2D eigenvalue weighted by Gasteiger charge is 2.12. The first kappa shape index (κ1) is 25.5. The van der Waals surface area contributed by atoms with Crippen LogP contribution in [0, 0.1) is 5.82 Å². The van der Waals surface area contributed by atoms with Crippen molar-refractivity contribution in [2.45, 2.75) is 6.61 Å². The number of hydrazone groups is 1. The number of nitrogens with one attached hydrogen (secondary N) is 1. The van der Waals surface area contributed by atoms with Gasteiger partial charge in [-0.2, -0.15) is 5.10 Å². The predicted molar refractivity (Wildman–Crippen MR) is 136 cm³/mol. The standard InChI is InChI=1S/C25H21Br2FN2O4/c1-3-9-33-22-8-7-17(12-23(22)32-2)25(31)30-29-14-18-11-19(26)13-21(27)24(18)34-15-16-5-4-6-20(28)10-16/h3-8,10-14H,1,9,15H2,2H3,(H,30,31)/b29-14+. The van der Waals surface area contributed by atoms with E-state index >= 15 is 0 Å². The maximum atomic E-state index is 13.5. The molecule has 34 heavy (non-hydrogen) atoms. The molecule has 0 aromatic heterocycles. The quantitative estimate of drug-likeness (QED) is 0.171. The average Bonchev–Trinajstić information content (AvgIpc) is 2.82. The van der Waals surface area contributed by atoms with Crippen LogP contribution in [0.25, 0.3) is 0 Å². The molecule has 0 aliphatic rings. The second kappa shape index (κ2) is 12.3. The third-order valence-electron chi connectivity index (χ3n) is 4.46. The lowest BCUT2D eigenvalue weighted by Crippen LogP contribution is -2.17. The molecule has 176 valence electrons. The number of nitrogens with zero attached hydrogens (tertiary/aromatic N) is 1. The number of rotatable bonds is 10. The van der Waals surface area contributed by atoms with Gasteiger partial charge in [-0.3, -0.25) is 4.79 Å². The zero-order valence-corrected chi connectivity index (χ0v) is 21.4. The van der Waals surface area contributed by atoms with Crippen LogP contribution in [0.1, 0.15) is 21.5 Å². The van der Waals surface area contributed by atoms with Crippen molar-refractivity contribution < 1.29 is 23.4 Å². The zero-order chi connectivity index (χ0) is 24.5. The number of ether oxygens (including phenoxy) is 3. The average molecular weight is 592 g/mol. The third kappa shape index (κ3) is 6.91. The van der Waals surface area contributed by atoms with E-state index in [1.54, 1.807) is 42.5 Å². The van der Waals surface area contributed by atoms with Gasteiger partial charge in [-0.1, -0.05) is 40.7 Å². The topological polar surface area (TPSA) is 69.2 Å². The van der Waals surface area contributed by atoms with Crippen LogP contribution in [0.3, 0.4) is 0 Å². The molecule has 3 rings (SSSR count). The van der Waals surface area contributed by atoms with Gasteiger partial charge in [0.05, 0.1) is 17.8 Å². The molecule has 0 aliphatic heterocycles. The summed E-state index contributed by atoms with van der Waals surface area (Å²) in [6.07, 6.45) is 3.08. The second-order valence-corrected chi connectivity index (χ2v) is 8.66. The minimum atomic E-state index is -0.430. The third-order valence-corrected chi connectivity index (χ3v) is 5.51. The predicted octanol–water partition coefficient (Wildman–Crippen LogP) is 6.27. The normalized spacial score (nSPS) is 10.7. The Balaban J connectivity index is 1.73. The minimum Gasteiger partial charge on any atom is -0.493 e. The summed E-state index contributed by atoms with van der Waals surface area (Å²) in [4.78, 5) is 12.6. The molecule has 1 amide bonds. The van der Waals surface area contributed by atoms with Gasteiger partial charge in [0.15, 0.2) is 11.5 Å². The Morgan fingerprint density at radius 2 is 1.94 bits per heavy atom. The molecule has 0 heterocycles. The largest absolute Gasteiger partial charge is 0.493 e. The molecule has 1 N–H and O–H groups in total. The number of hydrogen-bond donors (Lipinski definition) is 1. The SMILES string of the molecule is C=CCOc1ccc(C(=O)N/N=C/c2cc(Br)cc(Br)c2OCc2cccc(F)c2)cc1OC. The molecule has 3 aromatic carbocycles. The van der Waals surface area contributed by atoms with Gasteiger partial charge in [-0.25, -0.2) is 9.82 Å². The Labute approximate surface area is 213 Å². The smallest absolute Gasteiger partial charge is 0.271 e. The maximum absolute atomic E-state index is 13.5. The van der Waals surface area contributed by atoms with E-state index in [0.29, 0.717) is 45.0 Å². The van der Waals surface area contributed by atoms with Crippen molar-refractivity contribution >= 4 is 44.0 Å². The molecule has 3 aromatic rings. The molecule has 0 saturated carbocycles. The first-order valence-electron chi connectivity index (χ1n) is 10.0. The van der Waals surface area contributed by atoms with Crippen molar-refractivity contribution in [1.82, 2.24) is 5.43 Å². The fourth-order valence-electron chi connectivity index (χ4n) is 2.91. The molecule has 0 unspecified atom stereocenters. The molecular weight excluding hydrogens is 571 g/mol. The Bertz CT molecular complexity index is 1220. The summed E-state index contributed by atoms with van der Waals surface area (Å²) in [7, 11) is 1.49. The monoisotopic (exact) mass is 590 g/mol. The highest BCUT2D eigenvalue weighted by atomic mass is 79.9. The van der Waals surface area contributed by atoms with E-state index < -0.39 is 5.91 Å². The number of halogens is 3. The summed E-state index contributed by atoms with van der Waals surface area (Å²) in [6.45, 7) is 4.08. The van der Waals surface area contributed by atoms with Crippen LogP contribution in [-0.2, 0) is 6.61 Å². The Hall–Kier alpha value is -3.17. The van der Waals surface area contributed by atoms with Crippen LogP contribution in [0.4, 0.5) is 4.39 Å². The summed E-state index contributed by atoms with van der Waals surface area (Å²) in [6, 6.07) is 14.6. The van der Waals surface area contributed by atoms with Crippen LogP contribution in [0.5, 0.6) is 17.2 Å². The van der Waals surface area contributed by atoms with E-state index in [-0.39, 0.29) is 12.4 Å². The van der Waals surface area contributed by atoms with Crippen LogP contribution in [0.15, 0.2) is 81.3 Å². The van der Waals surface area contributed by atoms with Crippen molar-refractivity contribution in [1.29, 1.82) is 0 Å². The fourth-order valence-corrected chi connectivity index (χ4v) is 4.29. The van der Waals surface area contributed by atoms with E-state index in [0.717, 1.165) is 4.47 Å². The molecule has 0 radical (unpaired) electrons. The lowest BCUT2D eigenvalue weighted by Gasteiger charge is -2.12. The van der Waals surface area contributed by atoms with E-state index in [2.05, 4.69) is 49.0 Å². The van der Waals surface area contributed by atoms with Crippen molar-refractivity contribution in [2.24, 2.45) is 5.10 Å². The Morgan fingerprint density at radius 1 is 1.12 bits per heavy atom. The number of hydrogen-bond acceptors (Lipinski definition) is 5. The molecule has 0 saturated heterocycles. The number of methoxy groups -OCH3 is 1. The van der Waals surface area contributed by atoms with E-state index in [1.807, 2.05) is 6.07 Å². The van der Waals surface area contributed by atoms with Gasteiger partial charge in [0, 0.05) is 15.6 Å². The van der Waals surface area contributed by atoms with Crippen LogP contribution >= 0.6 is 31.9 Å². The molecule has 0 bridgehead atoms.